The zero-order valence-corrected chi connectivity index (χ0v) is 13.8. The monoisotopic (exact) mass is 340 g/mol. The second-order valence-corrected chi connectivity index (χ2v) is 6.39. The van der Waals surface area contributed by atoms with Crippen molar-refractivity contribution in [2.24, 2.45) is 0 Å². The zero-order valence-electron chi connectivity index (χ0n) is 12.9. The first-order valence-corrected chi connectivity index (χ1v) is 8.58. The smallest absolute Gasteiger partial charge is 0.254 e. The van der Waals surface area contributed by atoms with Gasteiger partial charge in [-0.1, -0.05) is 6.07 Å². The van der Waals surface area contributed by atoms with Crippen molar-refractivity contribution in [3.05, 3.63) is 54.1 Å². The summed E-state index contributed by atoms with van der Waals surface area (Å²) in [4.78, 5) is 21.2. The van der Waals surface area contributed by atoms with E-state index in [0.29, 0.717) is 18.7 Å². The molecule has 0 bridgehead atoms. The van der Waals surface area contributed by atoms with Gasteiger partial charge in [0.15, 0.2) is 5.13 Å². The summed E-state index contributed by atoms with van der Waals surface area (Å²) < 4.78 is 1.79. The number of benzene rings is 1. The van der Waals surface area contributed by atoms with Gasteiger partial charge < -0.3 is 9.80 Å². The van der Waals surface area contributed by atoms with Gasteiger partial charge in [-0.3, -0.25) is 9.36 Å². The Balaban J connectivity index is 1.46. The Hall–Kier alpha value is -2.74. The minimum absolute atomic E-state index is 0.0590. The molecule has 0 unspecified atom stereocenters. The Morgan fingerprint density at radius 3 is 2.58 bits per heavy atom. The van der Waals surface area contributed by atoms with Crippen LogP contribution < -0.4 is 4.90 Å². The summed E-state index contributed by atoms with van der Waals surface area (Å²) in [5.41, 5.74) is 1.57. The number of rotatable bonds is 3. The summed E-state index contributed by atoms with van der Waals surface area (Å²) in [5.74, 6) is 0.0590. The fourth-order valence-corrected chi connectivity index (χ4v) is 3.49. The van der Waals surface area contributed by atoms with Crippen molar-refractivity contribution >= 4 is 22.4 Å². The number of amides is 1. The highest BCUT2D eigenvalue weighted by Gasteiger charge is 2.23. The van der Waals surface area contributed by atoms with Crippen molar-refractivity contribution < 1.29 is 4.79 Å². The average Bonchev–Trinajstić information content (AvgIpc) is 3.35. The molecule has 1 fully saturated rings. The molecule has 122 valence electrons. The minimum atomic E-state index is 0.0590. The lowest BCUT2D eigenvalue weighted by atomic mass is 10.1. The van der Waals surface area contributed by atoms with Gasteiger partial charge in [0.05, 0.1) is 0 Å². The molecule has 7 nitrogen and oxygen atoms in total. The molecule has 8 heteroatoms. The van der Waals surface area contributed by atoms with E-state index in [0.717, 1.165) is 23.9 Å². The van der Waals surface area contributed by atoms with E-state index >= 15 is 0 Å². The molecule has 24 heavy (non-hydrogen) atoms. The predicted molar refractivity (Wildman–Crippen MR) is 91.6 cm³/mol. The van der Waals surface area contributed by atoms with Gasteiger partial charge in [0, 0.05) is 49.0 Å². The van der Waals surface area contributed by atoms with Crippen molar-refractivity contribution in [3.63, 3.8) is 0 Å². The van der Waals surface area contributed by atoms with E-state index < -0.39 is 0 Å². The molecule has 0 saturated carbocycles. The molecule has 1 amide bonds. The van der Waals surface area contributed by atoms with Crippen LogP contribution in [0.5, 0.6) is 0 Å². The third-order valence-electron chi connectivity index (χ3n) is 4.07. The van der Waals surface area contributed by atoms with Gasteiger partial charge in [-0.2, -0.15) is 0 Å². The molecule has 0 aliphatic carbocycles. The molecule has 1 aliphatic rings. The van der Waals surface area contributed by atoms with E-state index in [2.05, 4.69) is 20.1 Å². The Bertz CT molecular complexity index is 809. The van der Waals surface area contributed by atoms with Gasteiger partial charge in [-0.05, 0) is 18.2 Å². The second-order valence-electron chi connectivity index (χ2n) is 5.51. The van der Waals surface area contributed by atoms with Crippen molar-refractivity contribution in [2.45, 2.75) is 0 Å². The van der Waals surface area contributed by atoms with E-state index in [9.17, 15) is 4.79 Å². The molecule has 2 aromatic heterocycles. The molecule has 1 aliphatic heterocycles. The van der Waals surface area contributed by atoms with Crippen LogP contribution in [0.1, 0.15) is 10.4 Å². The number of hydrogen-bond donors (Lipinski definition) is 0. The SMILES string of the molecule is O=C(c1cccc(-n2cnnc2)c1)N1CCN(c2nccs2)CC1. The molecule has 0 atom stereocenters. The lowest BCUT2D eigenvalue weighted by molar-refractivity contribution is 0.0746. The molecule has 0 spiro atoms. The lowest BCUT2D eigenvalue weighted by Crippen LogP contribution is -2.48. The van der Waals surface area contributed by atoms with Crippen LogP contribution in [-0.2, 0) is 0 Å². The van der Waals surface area contributed by atoms with Crippen LogP contribution in [0.4, 0.5) is 5.13 Å². The number of piperazine rings is 1. The summed E-state index contributed by atoms with van der Waals surface area (Å²) in [6.45, 7) is 3.03. The largest absolute Gasteiger partial charge is 0.345 e. The molecule has 3 heterocycles. The van der Waals surface area contributed by atoms with Crippen molar-refractivity contribution in [1.29, 1.82) is 0 Å². The number of carbonyl (C=O) groups excluding carboxylic acids is 1. The van der Waals surface area contributed by atoms with E-state index in [1.165, 1.54) is 0 Å². The number of thiazole rings is 1. The molecular weight excluding hydrogens is 324 g/mol. The predicted octanol–water partition coefficient (Wildman–Crippen LogP) is 1.69. The number of carbonyl (C=O) groups is 1. The summed E-state index contributed by atoms with van der Waals surface area (Å²) in [5, 5.41) is 10.6. The van der Waals surface area contributed by atoms with E-state index in [-0.39, 0.29) is 5.91 Å². The normalized spacial score (nSPS) is 14.8. The molecule has 3 aromatic rings. The van der Waals surface area contributed by atoms with Gasteiger partial charge in [-0.25, -0.2) is 4.98 Å². The fraction of sp³-hybridized carbons (Fsp3) is 0.250. The third kappa shape index (κ3) is 2.88. The fourth-order valence-electron chi connectivity index (χ4n) is 2.79. The van der Waals surface area contributed by atoms with Crippen LogP contribution in [0.2, 0.25) is 0 Å². The van der Waals surface area contributed by atoms with Gasteiger partial charge in [0.25, 0.3) is 5.91 Å². The van der Waals surface area contributed by atoms with Crippen molar-refractivity contribution in [3.8, 4) is 5.69 Å². The Labute approximate surface area is 143 Å². The highest BCUT2D eigenvalue weighted by molar-refractivity contribution is 7.13. The van der Waals surface area contributed by atoms with Crippen molar-refractivity contribution in [1.82, 2.24) is 24.6 Å². The van der Waals surface area contributed by atoms with Crippen LogP contribution in [0.25, 0.3) is 5.69 Å². The van der Waals surface area contributed by atoms with Gasteiger partial charge in [0.1, 0.15) is 12.7 Å². The standard InChI is InChI=1S/C16H16N6OS/c23-15(13-2-1-3-14(10-13)22-11-18-19-12-22)20-5-7-21(8-6-20)16-17-4-9-24-16/h1-4,9-12H,5-8H2. The summed E-state index contributed by atoms with van der Waals surface area (Å²) in [6.07, 6.45) is 5.06. The Morgan fingerprint density at radius 1 is 1.08 bits per heavy atom. The van der Waals surface area contributed by atoms with Gasteiger partial charge >= 0.3 is 0 Å². The summed E-state index contributed by atoms with van der Waals surface area (Å²) >= 11 is 1.63. The van der Waals surface area contributed by atoms with Gasteiger partial charge in [0.2, 0.25) is 0 Å². The molecule has 0 N–H and O–H groups in total. The van der Waals surface area contributed by atoms with E-state index in [4.69, 9.17) is 0 Å². The quantitative estimate of drug-likeness (QED) is 0.726. The summed E-state index contributed by atoms with van der Waals surface area (Å²) in [7, 11) is 0. The van der Waals surface area contributed by atoms with Crippen molar-refractivity contribution in [2.75, 3.05) is 31.1 Å². The van der Waals surface area contributed by atoms with Gasteiger partial charge in [-0.15, -0.1) is 21.5 Å². The first-order chi connectivity index (χ1) is 11.8. The molecule has 0 radical (unpaired) electrons. The molecule has 1 aromatic carbocycles. The molecule has 1 saturated heterocycles. The zero-order chi connectivity index (χ0) is 16.4. The van der Waals surface area contributed by atoms with Crippen LogP contribution in [0.3, 0.4) is 0 Å². The van der Waals surface area contributed by atoms with Crippen LogP contribution >= 0.6 is 11.3 Å². The molecule has 4 rings (SSSR count). The number of anilines is 1. The van der Waals surface area contributed by atoms with E-state index in [1.807, 2.05) is 40.7 Å². The summed E-state index contributed by atoms with van der Waals surface area (Å²) in [6, 6.07) is 7.54. The number of hydrogen-bond acceptors (Lipinski definition) is 6. The lowest BCUT2D eigenvalue weighted by Gasteiger charge is -2.34. The van der Waals surface area contributed by atoms with Crippen LogP contribution in [0.15, 0.2) is 48.5 Å². The third-order valence-corrected chi connectivity index (χ3v) is 4.90. The average molecular weight is 340 g/mol. The molecular formula is C16H16N6OS. The Kier molecular flexibility index (Phi) is 3.96. The first kappa shape index (κ1) is 14.8. The number of nitrogens with zero attached hydrogens (tertiary/aromatic N) is 6. The maximum atomic E-state index is 12.8. The topological polar surface area (TPSA) is 67.2 Å². The van der Waals surface area contributed by atoms with E-state index in [1.54, 1.807) is 28.6 Å². The van der Waals surface area contributed by atoms with Crippen LogP contribution in [-0.4, -0.2) is 56.7 Å². The maximum Gasteiger partial charge on any atom is 0.254 e. The maximum absolute atomic E-state index is 12.8. The van der Waals surface area contributed by atoms with Crippen LogP contribution in [0, 0.1) is 0 Å². The Morgan fingerprint density at radius 2 is 1.88 bits per heavy atom. The highest BCUT2D eigenvalue weighted by Crippen LogP contribution is 2.20. The highest BCUT2D eigenvalue weighted by atomic mass is 32.1. The first-order valence-electron chi connectivity index (χ1n) is 7.70. The minimum Gasteiger partial charge on any atom is -0.345 e. The second kappa shape index (κ2) is 6.40. The number of aromatic nitrogens is 4.